The van der Waals surface area contributed by atoms with Crippen molar-refractivity contribution in [1.82, 2.24) is 0 Å². The Morgan fingerprint density at radius 1 is 1.28 bits per heavy atom. The van der Waals surface area contributed by atoms with Crippen molar-refractivity contribution < 1.29 is 19.1 Å². The molecule has 4 nitrogen and oxygen atoms in total. The number of carbonyl (C=O) groups is 1. The van der Waals surface area contributed by atoms with E-state index in [4.69, 9.17) is 39.5 Å². The predicted molar refractivity (Wildman–Crippen MR) is 67.1 cm³/mol. The predicted octanol–water partition coefficient (Wildman–Crippen LogP) is 2.55. The zero-order valence-corrected chi connectivity index (χ0v) is 11.2. The molecular formula is C11H8Cl3O4. The number of esters is 1. The summed E-state index contributed by atoms with van der Waals surface area (Å²) in [5.74, 6) is -0.956. The molecule has 0 spiro atoms. The van der Waals surface area contributed by atoms with Gasteiger partial charge in [-0.25, -0.2) is 9.59 Å². The minimum absolute atomic E-state index is 0.0147. The fourth-order valence-corrected chi connectivity index (χ4v) is 1.50. The molecule has 1 rings (SSSR count). The molecule has 0 aromatic heterocycles. The lowest BCUT2D eigenvalue weighted by atomic mass is 10.2. The summed E-state index contributed by atoms with van der Waals surface area (Å²) in [6.45, 7) is 1.03. The van der Waals surface area contributed by atoms with Crippen molar-refractivity contribution in [3.05, 3.63) is 35.9 Å². The number of carbonyl (C=O) groups excluding carboxylic acids is 2. The maximum atomic E-state index is 11.6. The summed E-state index contributed by atoms with van der Waals surface area (Å²) in [5.41, 5.74) is 0.754. The maximum absolute atomic E-state index is 11.6. The molecule has 0 saturated carbocycles. The molecule has 7 heteroatoms. The number of benzene rings is 1. The third-order valence-electron chi connectivity index (χ3n) is 1.90. The molecule has 0 saturated heterocycles. The molecule has 1 unspecified atom stereocenters. The van der Waals surface area contributed by atoms with Crippen LogP contribution in [0.1, 0.15) is 5.56 Å². The van der Waals surface area contributed by atoms with Crippen molar-refractivity contribution in [2.24, 2.45) is 0 Å². The first-order valence-corrected chi connectivity index (χ1v) is 5.88. The van der Waals surface area contributed by atoms with Crippen LogP contribution in [0.2, 0.25) is 0 Å². The summed E-state index contributed by atoms with van der Waals surface area (Å²) in [6, 6.07) is 8.89. The lowest BCUT2D eigenvalue weighted by Gasteiger charge is -2.20. The van der Waals surface area contributed by atoms with Gasteiger partial charge < -0.3 is 9.47 Å². The lowest BCUT2D eigenvalue weighted by Crippen LogP contribution is -2.37. The summed E-state index contributed by atoms with van der Waals surface area (Å²) in [7, 11) is 0. The Labute approximate surface area is 119 Å². The Bertz CT molecular complexity index is 402. The van der Waals surface area contributed by atoms with Crippen molar-refractivity contribution in [3.63, 3.8) is 0 Å². The van der Waals surface area contributed by atoms with Crippen LogP contribution in [0.4, 0.5) is 0 Å². The molecule has 1 atom stereocenters. The van der Waals surface area contributed by atoms with Gasteiger partial charge in [0.1, 0.15) is 6.61 Å². The molecule has 0 aliphatic carbocycles. The number of hydrogen-bond acceptors (Lipinski definition) is 4. The fourth-order valence-electron chi connectivity index (χ4n) is 1.10. The Hall–Kier alpha value is -0.970. The molecule has 1 aromatic rings. The molecule has 0 N–H and O–H groups in total. The quantitative estimate of drug-likeness (QED) is 0.619. The van der Waals surface area contributed by atoms with Crippen molar-refractivity contribution in [2.45, 2.75) is 16.5 Å². The van der Waals surface area contributed by atoms with Crippen LogP contribution < -0.4 is 0 Å². The Morgan fingerprint density at radius 2 is 1.89 bits per heavy atom. The monoisotopic (exact) mass is 309 g/mol. The largest absolute Gasteiger partial charge is 0.458 e. The number of hydrogen-bond donors (Lipinski definition) is 0. The SMILES string of the molecule is O=[C]OC(C(=O)OCc1ccccc1)C(Cl)(Cl)Cl. The van der Waals surface area contributed by atoms with Crippen LogP contribution in [0, 0.1) is 0 Å². The summed E-state index contributed by atoms with van der Waals surface area (Å²) in [6.07, 6.45) is -1.65. The second-order valence-electron chi connectivity index (χ2n) is 3.22. The maximum Gasteiger partial charge on any atom is 0.418 e. The Kier molecular flexibility index (Phi) is 5.72. The molecule has 1 radical (unpaired) electrons. The van der Waals surface area contributed by atoms with Crippen LogP contribution in [0.3, 0.4) is 0 Å². The van der Waals surface area contributed by atoms with E-state index in [9.17, 15) is 9.59 Å². The number of rotatable bonds is 5. The standard InChI is InChI=1S/C11H8Cl3O4/c12-11(13,14)9(18-7-15)10(16)17-6-8-4-2-1-3-5-8/h1-5,9H,6H2. The highest BCUT2D eigenvalue weighted by atomic mass is 35.6. The Balaban J connectivity index is 2.60. The first-order valence-electron chi connectivity index (χ1n) is 4.75. The average molecular weight is 311 g/mol. The smallest absolute Gasteiger partial charge is 0.418 e. The van der Waals surface area contributed by atoms with E-state index in [2.05, 4.69) is 4.74 Å². The van der Waals surface area contributed by atoms with Crippen LogP contribution in [0.5, 0.6) is 0 Å². The molecule has 0 bridgehead atoms. The minimum Gasteiger partial charge on any atom is -0.458 e. The van der Waals surface area contributed by atoms with Gasteiger partial charge in [-0.15, -0.1) is 0 Å². The first kappa shape index (κ1) is 15.1. The zero-order chi connectivity index (χ0) is 13.6. The van der Waals surface area contributed by atoms with Gasteiger partial charge in [-0.05, 0) is 5.56 Å². The molecule has 0 aliphatic heterocycles. The number of alkyl halides is 3. The van der Waals surface area contributed by atoms with Gasteiger partial charge in [0.05, 0.1) is 0 Å². The van der Waals surface area contributed by atoms with Crippen molar-refractivity contribution >= 4 is 47.2 Å². The lowest BCUT2D eigenvalue weighted by molar-refractivity contribution is -0.153. The second-order valence-corrected chi connectivity index (χ2v) is 5.59. The molecule has 0 fully saturated rings. The van der Waals surface area contributed by atoms with Gasteiger partial charge in [-0.2, -0.15) is 0 Å². The highest BCUT2D eigenvalue weighted by Crippen LogP contribution is 2.32. The second kappa shape index (κ2) is 6.83. The molecule has 0 heterocycles. The molecule has 0 aliphatic rings. The van der Waals surface area contributed by atoms with Crippen LogP contribution >= 0.6 is 34.8 Å². The normalized spacial score (nSPS) is 12.6. The first-order chi connectivity index (χ1) is 8.45. The van der Waals surface area contributed by atoms with Gasteiger partial charge in [0.25, 0.3) is 0 Å². The van der Waals surface area contributed by atoms with Crippen molar-refractivity contribution in [3.8, 4) is 0 Å². The van der Waals surface area contributed by atoms with E-state index < -0.39 is 15.9 Å². The van der Waals surface area contributed by atoms with Crippen LogP contribution in [-0.2, 0) is 25.7 Å². The zero-order valence-electron chi connectivity index (χ0n) is 8.94. The van der Waals surface area contributed by atoms with E-state index in [1.54, 1.807) is 24.3 Å². The molecule has 97 valence electrons. The van der Waals surface area contributed by atoms with Gasteiger partial charge >= 0.3 is 12.4 Å². The van der Waals surface area contributed by atoms with Crippen LogP contribution in [0.15, 0.2) is 30.3 Å². The highest BCUT2D eigenvalue weighted by molar-refractivity contribution is 6.68. The summed E-state index contributed by atoms with van der Waals surface area (Å²) < 4.78 is 7.05. The molecular weight excluding hydrogens is 302 g/mol. The third kappa shape index (κ3) is 4.72. The van der Waals surface area contributed by atoms with E-state index in [1.165, 1.54) is 0 Å². The summed E-state index contributed by atoms with van der Waals surface area (Å²) in [4.78, 5) is 21.7. The van der Waals surface area contributed by atoms with Gasteiger partial charge in [0.2, 0.25) is 9.90 Å². The van der Waals surface area contributed by atoms with Crippen molar-refractivity contribution in [1.29, 1.82) is 0 Å². The van der Waals surface area contributed by atoms with E-state index in [0.717, 1.165) is 12.0 Å². The molecule has 0 amide bonds. The Morgan fingerprint density at radius 3 is 2.39 bits per heavy atom. The van der Waals surface area contributed by atoms with Gasteiger partial charge in [0, 0.05) is 0 Å². The third-order valence-corrected chi connectivity index (χ3v) is 2.50. The van der Waals surface area contributed by atoms with E-state index in [1.807, 2.05) is 6.07 Å². The molecule has 1 aromatic carbocycles. The molecule has 18 heavy (non-hydrogen) atoms. The summed E-state index contributed by atoms with van der Waals surface area (Å²) in [5, 5.41) is 0. The number of halogens is 3. The minimum atomic E-state index is -2.11. The fraction of sp³-hybridized carbons (Fsp3) is 0.273. The van der Waals surface area contributed by atoms with Crippen molar-refractivity contribution in [2.75, 3.05) is 0 Å². The van der Waals surface area contributed by atoms with Gasteiger partial charge in [-0.1, -0.05) is 65.1 Å². The number of ether oxygens (including phenoxy) is 2. The average Bonchev–Trinajstić information content (AvgIpc) is 2.33. The van der Waals surface area contributed by atoms with E-state index in [0.29, 0.717) is 0 Å². The topological polar surface area (TPSA) is 52.6 Å². The van der Waals surface area contributed by atoms with Crippen LogP contribution in [0.25, 0.3) is 0 Å². The highest BCUT2D eigenvalue weighted by Gasteiger charge is 2.42. The summed E-state index contributed by atoms with van der Waals surface area (Å²) >= 11 is 16.4. The van der Waals surface area contributed by atoms with Gasteiger partial charge in [0.15, 0.2) is 0 Å². The van der Waals surface area contributed by atoms with E-state index in [-0.39, 0.29) is 6.61 Å². The van der Waals surface area contributed by atoms with E-state index >= 15 is 0 Å². The van der Waals surface area contributed by atoms with Crippen LogP contribution in [-0.4, -0.2) is 22.3 Å². The van der Waals surface area contributed by atoms with Gasteiger partial charge in [-0.3, -0.25) is 0 Å².